The minimum absolute atomic E-state index is 0.220. The van der Waals surface area contributed by atoms with E-state index in [2.05, 4.69) is 0 Å². The number of nitrogens with zero attached hydrogens (tertiary/aromatic N) is 1. The zero-order chi connectivity index (χ0) is 19.8. The third-order valence-corrected chi connectivity index (χ3v) is 5.34. The van der Waals surface area contributed by atoms with Gasteiger partial charge in [0.1, 0.15) is 5.92 Å². The van der Waals surface area contributed by atoms with E-state index in [1.165, 1.54) is 0 Å². The summed E-state index contributed by atoms with van der Waals surface area (Å²) in [5.74, 6) is -2.11. The van der Waals surface area contributed by atoms with E-state index in [0.29, 0.717) is 27.4 Å². The normalized spacial score (nSPS) is 18.6. The van der Waals surface area contributed by atoms with Crippen LogP contribution >= 0.6 is 11.6 Å². The van der Waals surface area contributed by atoms with Gasteiger partial charge in [-0.3, -0.25) is 14.5 Å². The van der Waals surface area contributed by atoms with Crippen LogP contribution in [0, 0.1) is 6.92 Å². The fourth-order valence-electron chi connectivity index (χ4n) is 3.82. The molecule has 3 aromatic carbocycles. The van der Waals surface area contributed by atoms with Crippen molar-refractivity contribution in [3.8, 4) is 0 Å². The van der Waals surface area contributed by atoms with Crippen LogP contribution in [0.5, 0.6) is 0 Å². The van der Waals surface area contributed by atoms with E-state index >= 15 is 0 Å². The number of aryl methyl sites for hydroxylation is 1. The Morgan fingerprint density at radius 3 is 2.39 bits per heavy atom. The predicted octanol–water partition coefficient (Wildman–Crippen LogP) is 5.22. The molecule has 140 valence electrons. The second-order valence-corrected chi connectivity index (χ2v) is 7.35. The first-order chi connectivity index (χ1) is 13.5. The van der Waals surface area contributed by atoms with Crippen molar-refractivity contribution in [1.29, 1.82) is 0 Å². The molecule has 4 rings (SSSR count). The monoisotopic (exact) mass is 391 g/mol. The molecule has 5 heteroatoms. The van der Waals surface area contributed by atoms with E-state index in [9.17, 15) is 14.7 Å². The Morgan fingerprint density at radius 2 is 1.71 bits per heavy atom. The van der Waals surface area contributed by atoms with Crippen molar-refractivity contribution in [3.63, 3.8) is 0 Å². The molecular formula is C23H18ClNO3. The van der Waals surface area contributed by atoms with Crippen LogP contribution in [0.4, 0.5) is 5.69 Å². The number of halogens is 1. The molecule has 0 spiro atoms. The molecule has 1 aliphatic heterocycles. The van der Waals surface area contributed by atoms with Crippen molar-refractivity contribution < 1.29 is 14.7 Å². The van der Waals surface area contributed by atoms with E-state index in [-0.39, 0.29) is 5.91 Å². The van der Waals surface area contributed by atoms with E-state index in [4.69, 9.17) is 11.6 Å². The third-order valence-electron chi connectivity index (χ3n) is 5.11. The molecule has 1 N–H and O–H groups in total. The third kappa shape index (κ3) is 3.06. The van der Waals surface area contributed by atoms with Crippen molar-refractivity contribution in [2.45, 2.75) is 18.9 Å². The highest BCUT2D eigenvalue weighted by Gasteiger charge is 2.44. The summed E-state index contributed by atoms with van der Waals surface area (Å²) in [6, 6.07) is 20.8. The number of rotatable bonds is 3. The van der Waals surface area contributed by atoms with Crippen molar-refractivity contribution in [2.24, 2.45) is 0 Å². The van der Waals surface area contributed by atoms with E-state index in [1.54, 1.807) is 47.4 Å². The molecule has 0 aromatic heterocycles. The SMILES string of the molecule is Cc1ccc(N2C(=O)c3ccccc3[C@H](C(=O)O)[C@@H]2c2cccc(Cl)c2)cc1. The number of fused-ring (bicyclic) bond motifs is 1. The first-order valence-electron chi connectivity index (χ1n) is 8.95. The summed E-state index contributed by atoms with van der Waals surface area (Å²) in [6.07, 6.45) is 0. The van der Waals surface area contributed by atoms with Gasteiger partial charge in [-0.25, -0.2) is 0 Å². The maximum atomic E-state index is 13.4. The largest absolute Gasteiger partial charge is 0.481 e. The number of carbonyl (C=O) groups is 2. The highest BCUT2D eigenvalue weighted by molar-refractivity contribution is 6.30. The van der Waals surface area contributed by atoms with Crippen LogP contribution in [-0.2, 0) is 4.79 Å². The zero-order valence-corrected chi connectivity index (χ0v) is 15.9. The zero-order valence-electron chi connectivity index (χ0n) is 15.2. The Morgan fingerprint density at radius 1 is 1.00 bits per heavy atom. The van der Waals surface area contributed by atoms with Gasteiger partial charge in [0.15, 0.2) is 0 Å². The van der Waals surface area contributed by atoms with Crippen LogP contribution in [0.25, 0.3) is 0 Å². The summed E-state index contributed by atoms with van der Waals surface area (Å²) in [6.45, 7) is 1.96. The van der Waals surface area contributed by atoms with Crippen LogP contribution in [0.1, 0.15) is 39.0 Å². The van der Waals surface area contributed by atoms with Gasteiger partial charge in [-0.1, -0.05) is 59.6 Å². The molecule has 0 fully saturated rings. The number of carboxylic acids is 1. The number of hydrogen-bond acceptors (Lipinski definition) is 2. The maximum Gasteiger partial charge on any atom is 0.313 e. The lowest BCUT2D eigenvalue weighted by Crippen LogP contribution is -2.45. The lowest BCUT2D eigenvalue weighted by atomic mass is 9.79. The van der Waals surface area contributed by atoms with E-state index in [1.807, 2.05) is 37.3 Å². The lowest BCUT2D eigenvalue weighted by molar-refractivity contribution is -0.139. The topological polar surface area (TPSA) is 57.6 Å². The van der Waals surface area contributed by atoms with Gasteiger partial charge in [-0.2, -0.15) is 0 Å². The van der Waals surface area contributed by atoms with Gasteiger partial charge < -0.3 is 5.11 Å². The number of benzene rings is 3. The molecular weight excluding hydrogens is 374 g/mol. The van der Waals surface area contributed by atoms with Crippen LogP contribution in [-0.4, -0.2) is 17.0 Å². The number of carboxylic acid groups (broad SMARTS) is 1. The van der Waals surface area contributed by atoms with Gasteiger partial charge in [0, 0.05) is 16.3 Å². The molecule has 0 radical (unpaired) electrons. The quantitative estimate of drug-likeness (QED) is 0.666. The van der Waals surface area contributed by atoms with E-state index in [0.717, 1.165) is 5.56 Å². The minimum atomic E-state index is -0.984. The fourth-order valence-corrected chi connectivity index (χ4v) is 4.02. The van der Waals surface area contributed by atoms with Gasteiger partial charge >= 0.3 is 5.97 Å². The summed E-state index contributed by atoms with van der Waals surface area (Å²) >= 11 is 6.19. The van der Waals surface area contributed by atoms with Crippen LogP contribution in [0.3, 0.4) is 0 Å². The predicted molar refractivity (Wildman–Crippen MR) is 109 cm³/mol. The first-order valence-corrected chi connectivity index (χ1v) is 9.32. The number of aliphatic carboxylic acids is 1. The molecule has 1 aliphatic rings. The van der Waals surface area contributed by atoms with Crippen LogP contribution in [0.15, 0.2) is 72.8 Å². The minimum Gasteiger partial charge on any atom is -0.481 e. The fraction of sp³-hybridized carbons (Fsp3) is 0.130. The smallest absolute Gasteiger partial charge is 0.313 e. The molecule has 0 saturated heterocycles. The summed E-state index contributed by atoms with van der Waals surface area (Å²) in [5.41, 5.74) is 3.33. The second-order valence-electron chi connectivity index (χ2n) is 6.91. The van der Waals surface area contributed by atoms with Crippen molar-refractivity contribution in [2.75, 3.05) is 4.90 Å². The Balaban J connectivity index is 1.99. The van der Waals surface area contributed by atoms with Crippen LogP contribution < -0.4 is 4.90 Å². The molecule has 0 unspecified atom stereocenters. The van der Waals surface area contributed by atoms with Crippen molar-refractivity contribution in [1.82, 2.24) is 0 Å². The van der Waals surface area contributed by atoms with Gasteiger partial charge in [0.25, 0.3) is 5.91 Å². The number of anilines is 1. The average Bonchev–Trinajstić information content (AvgIpc) is 2.68. The molecule has 2 atom stereocenters. The Bertz CT molecular complexity index is 1060. The van der Waals surface area contributed by atoms with Crippen LogP contribution in [0.2, 0.25) is 5.02 Å². The number of carbonyl (C=O) groups excluding carboxylic acids is 1. The number of amides is 1. The van der Waals surface area contributed by atoms with Gasteiger partial charge in [0.05, 0.1) is 6.04 Å². The highest BCUT2D eigenvalue weighted by atomic mass is 35.5. The lowest BCUT2D eigenvalue weighted by Gasteiger charge is -2.41. The van der Waals surface area contributed by atoms with Gasteiger partial charge in [-0.15, -0.1) is 0 Å². The number of hydrogen-bond donors (Lipinski definition) is 1. The standard InChI is InChI=1S/C23H18ClNO3/c1-14-9-11-17(12-10-14)25-21(15-5-4-6-16(24)13-15)20(23(27)28)18-7-2-3-8-19(18)22(25)26/h2-13,20-21H,1H3,(H,27,28)/t20-,21-/m0/s1. The molecule has 3 aromatic rings. The molecule has 1 heterocycles. The maximum absolute atomic E-state index is 13.4. The van der Waals surface area contributed by atoms with E-state index < -0.39 is 17.9 Å². The molecule has 0 bridgehead atoms. The molecule has 28 heavy (non-hydrogen) atoms. The van der Waals surface area contributed by atoms with Gasteiger partial charge in [0.2, 0.25) is 0 Å². The highest BCUT2D eigenvalue weighted by Crippen LogP contribution is 2.45. The summed E-state index contributed by atoms with van der Waals surface area (Å²) in [4.78, 5) is 27.4. The second kappa shape index (κ2) is 7.13. The first kappa shape index (κ1) is 18.3. The van der Waals surface area contributed by atoms with Crippen molar-refractivity contribution >= 4 is 29.2 Å². The summed E-state index contributed by atoms with van der Waals surface area (Å²) in [7, 11) is 0. The Kier molecular flexibility index (Phi) is 4.65. The summed E-state index contributed by atoms with van der Waals surface area (Å²) in [5, 5.41) is 10.6. The molecule has 4 nitrogen and oxygen atoms in total. The van der Waals surface area contributed by atoms with Gasteiger partial charge in [-0.05, 0) is 48.4 Å². The average molecular weight is 392 g/mol. The summed E-state index contributed by atoms with van der Waals surface area (Å²) < 4.78 is 0. The molecule has 0 aliphatic carbocycles. The molecule has 1 amide bonds. The Hall–Kier alpha value is -3.11. The van der Waals surface area contributed by atoms with Crippen molar-refractivity contribution in [3.05, 3.63) is 100 Å². The molecule has 0 saturated carbocycles. The Labute approximate surface area is 168 Å².